The summed E-state index contributed by atoms with van der Waals surface area (Å²) in [6.07, 6.45) is 1.16. The van der Waals surface area contributed by atoms with Crippen LogP contribution in [0.4, 0.5) is 4.39 Å². The molecule has 0 aliphatic heterocycles. The summed E-state index contributed by atoms with van der Waals surface area (Å²) in [5.74, 6) is -2.47. The molecule has 1 heterocycles. The number of aromatic carboxylic acids is 1. The van der Waals surface area contributed by atoms with Crippen molar-refractivity contribution in [3.05, 3.63) is 52.9 Å². The third-order valence-electron chi connectivity index (χ3n) is 2.12. The first-order valence-electron chi connectivity index (χ1n) is 4.89. The molecule has 0 saturated heterocycles. The fourth-order valence-corrected chi connectivity index (χ4v) is 1.40. The predicted molar refractivity (Wildman–Crippen MR) is 62.7 cm³/mol. The summed E-state index contributed by atoms with van der Waals surface area (Å²) in [7, 11) is 0. The highest BCUT2D eigenvalue weighted by Gasteiger charge is 2.16. The number of carbonyl (C=O) groups is 1. The second kappa shape index (κ2) is 5.01. The Morgan fingerprint density at radius 3 is 2.56 bits per heavy atom. The number of hydrogen-bond acceptors (Lipinski definition) is 3. The first kappa shape index (κ1) is 12.3. The largest absolute Gasteiger partial charge is 0.478 e. The van der Waals surface area contributed by atoms with Crippen LogP contribution in [0.2, 0.25) is 5.02 Å². The van der Waals surface area contributed by atoms with Crippen molar-refractivity contribution < 1.29 is 19.0 Å². The highest BCUT2D eigenvalue weighted by molar-refractivity contribution is 6.30. The second-order valence-corrected chi connectivity index (χ2v) is 3.78. The highest BCUT2D eigenvalue weighted by Crippen LogP contribution is 2.25. The van der Waals surface area contributed by atoms with Gasteiger partial charge in [-0.1, -0.05) is 11.6 Å². The highest BCUT2D eigenvalue weighted by atomic mass is 35.5. The number of benzene rings is 1. The molecule has 0 aliphatic rings. The molecule has 0 spiro atoms. The molecule has 0 fully saturated rings. The van der Waals surface area contributed by atoms with Gasteiger partial charge in [0.15, 0.2) is 5.82 Å². The number of aromatic nitrogens is 1. The molecule has 4 nitrogen and oxygen atoms in total. The number of nitrogens with zero attached hydrogens (tertiary/aromatic N) is 1. The standard InChI is InChI=1S/C12H7ClFNO3/c13-7-1-3-8(4-2-7)18-11-10(14)9(12(16)17)5-6-15-11/h1-6H,(H,16,17). The van der Waals surface area contributed by atoms with Crippen LogP contribution in [0, 0.1) is 5.82 Å². The first-order chi connectivity index (χ1) is 8.58. The van der Waals surface area contributed by atoms with Gasteiger partial charge in [-0.25, -0.2) is 14.2 Å². The van der Waals surface area contributed by atoms with E-state index in [9.17, 15) is 9.18 Å². The SMILES string of the molecule is O=C(O)c1ccnc(Oc2ccc(Cl)cc2)c1F. The molecular weight excluding hydrogens is 261 g/mol. The summed E-state index contributed by atoms with van der Waals surface area (Å²) in [5.41, 5.74) is -0.492. The van der Waals surface area contributed by atoms with Gasteiger partial charge in [-0.3, -0.25) is 0 Å². The van der Waals surface area contributed by atoms with Crippen molar-refractivity contribution in [2.75, 3.05) is 0 Å². The van der Waals surface area contributed by atoms with Crippen molar-refractivity contribution in [3.8, 4) is 11.6 Å². The van der Waals surface area contributed by atoms with E-state index in [1.165, 1.54) is 12.1 Å². The lowest BCUT2D eigenvalue weighted by Gasteiger charge is -2.06. The molecule has 0 saturated carbocycles. The molecule has 2 rings (SSSR count). The Balaban J connectivity index is 2.32. The maximum absolute atomic E-state index is 13.7. The van der Waals surface area contributed by atoms with E-state index in [-0.39, 0.29) is 0 Å². The van der Waals surface area contributed by atoms with Gasteiger partial charge in [0.25, 0.3) is 5.88 Å². The molecule has 1 aromatic carbocycles. The fourth-order valence-electron chi connectivity index (χ4n) is 1.28. The van der Waals surface area contributed by atoms with Crippen molar-refractivity contribution in [1.82, 2.24) is 4.98 Å². The molecule has 0 radical (unpaired) electrons. The van der Waals surface area contributed by atoms with Crippen LogP contribution in [0.3, 0.4) is 0 Å². The summed E-state index contributed by atoms with van der Waals surface area (Å²) in [6.45, 7) is 0. The Hall–Kier alpha value is -2.14. The van der Waals surface area contributed by atoms with Gasteiger partial charge in [0.2, 0.25) is 0 Å². The monoisotopic (exact) mass is 267 g/mol. The average molecular weight is 268 g/mol. The van der Waals surface area contributed by atoms with Gasteiger partial charge >= 0.3 is 5.97 Å². The number of ether oxygens (including phenoxy) is 1. The zero-order valence-electron chi connectivity index (χ0n) is 8.93. The Morgan fingerprint density at radius 2 is 1.94 bits per heavy atom. The number of hydrogen-bond donors (Lipinski definition) is 1. The minimum atomic E-state index is -1.38. The molecule has 0 aliphatic carbocycles. The quantitative estimate of drug-likeness (QED) is 0.926. The molecule has 0 atom stereocenters. The lowest BCUT2D eigenvalue weighted by atomic mass is 10.2. The number of carboxylic acid groups (broad SMARTS) is 1. The average Bonchev–Trinajstić information content (AvgIpc) is 2.34. The van der Waals surface area contributed by atoms with Crippen LogP contribution in [0.1, 0.15) is 10.4 Å². The maximum atomic E-state index is 13.7. The molecule has 1 aromatic heterocycles. The number of halogens is 2. The van der Waals surface area contributed by atoms with E-state index in [4.69, 9.17) is 21.4 Å². The maximum Gasteiger partial charge on any atom is 0.338 e. The van der Waals surface area contributed by atoms with E-state index < -0.39 is 23.2 Å². The van der Waals surface area contributed by atoms with Gasteiger partial charge in [0.05, 0.1) is 0 Å². The lowest BCUT2D eigenvalue weighted by Crippen LogP contribution is -2.03. The topological polar surface area (TPSA) is 59.4 Å². The van der Waals surface area contributed by atoms with E-state index in [0.717, 1.165) is 12.3 Å². The zero-order valence-corrected chi connectivity index (χ0v) is 9.69. The number of pyridine rings is 1. The van der Waals surface area contributed by atoms with Gasteiger partial charge in [-0.05, 0) is 30.3 Å². The molecule has 1 N–H and O–H groups in total. The molecule has 0 amide bonds. The lowest BCUT2D eigenvalue weighted by molar-refractivity contribution is 0.0690. The summed E-state index contributed by atoms with van der Waals surface area (Å²) in [5, 5.41) is 9.26. The fraction of sp³-hybridized carbons (Fsp3) is 0. The van der Waals surface area contributed by atoms with Crippen LogP contribution in [0.5, 0.6) is 11.6 Å². The number of carboxylic acids is 1. The molecule has 18 heavy (non-hydrogen) atoms. The van der Waals surface area contributed by atoms with Crippen LogP contribution in [-0.2, 0) is 0 Å². The molecule has 0 bridgehead atoms. The molecule has 2 aromatic rings. The Morgan fingerprint density at radius 1 is 1.28 bits per heavy atom. The Labute approximate surface area is 107 Å². The zero-order chi connectivity index (χ0) is 13.1. The Kier molecular flexibility index (Phi) is 3.43. The van der Waals surface area contributed by atoms with Gasteiger partial charge < -0.3 is 9.84 Å². The van der Waals surface area contributed by atoms with Crippen molar-refractivity contribution in [3.63, 3.8) is 0 Å². The number of rotatable bonds is 3. The smallest absolute Gasteiger partial charge is 0.338 e. The Bertz CT molecular complexity index is 586. The molecule has 6 heteroatoms. The normalized spacial score (nSPS) is 10.1. The van der Waals surface area contributed by atoms with Crippen molar-refractivity contribution in [1.29, 1.82) is 0 Å². The summed E-state index contributed by atoms with van der Waals surface area (Å²) >= 11 is 5.69. The van der Waals surface area contributed by atoms with Crippen LogP contribution >= 0.6 is 11.6 Å². The van der Waals surface area contributed by atoms with Gasteiger partial charge in [-0.2, -0.15) is 0 Å². The summed E-state index contributed by atoms with van der Waals surface area (Å²) in [6, 6.07) is 7.24. The summed E-state index contributed by atoms with van der Waals surface area (Å²) < 4.78 is 18.8. The molecular formula is C12H7ClFNO3. The van der Waals surface area contributed by atoms with Crippen molar-refractivity contribution in [2.45, 2.75) is 0 Å². The van der Waals surface area contributed by atoms with Crippen LogP contribution in [-0.4, -0.2) is 16.1 Å². The minimum Gasteiger partial charge on any atom is -0.478 e. The van der Waals surface area contributed by atoms with E-state index in [1.807, 2.05) is 0 Å². The van der Waals surface area contributed by atoms with Gasteiger partial charge in [0.1, 0.15) is 11.3 Å². The minimum absolute atomic E-state index is 0.313. The molecule has 92 valence electrons. The third kappa shape index (κ3) is 2.57. The van der Waals surface area contributed by atoms with E-state index in [1.54, 1.807) is 12.1 Å². The molecule has 0 unspecified atom stereocenters. The predicted octanol–water partition coefficient (Wildman–Crippen LogP) is 3.36. The van der Waals surface area contributed by atoms with E-state index >= 15 is 0 Å². The summed E-state index contributed by atoms with van der Waals surface area (Å²) in [4.78, 5) is 14.4. The van der Waals surface area contributed by atoms with Gasteiger partial charge in [0, 0.05) is 11.2 Å². The second-order valence-electron chi connectivity index (χ2n) is 3.34. The first-order valence-corrected chi connectivity index (χ1v) is 5.27. The van der Waals surface area contributed by atoms with Crippen molar-refractivity contribution in [2.24, 2.45) is 0 Å². The van der Waals surface area contributed by atoms with E-state index in [0.29, 0.717) is 10.8 Å². The van der Waals surface area contributed by atoms with Crippen LogP contribution < -0.4 is 4.74 Å². The van der Waals surface area contributed by atoms with Crippen LogP contribution in [0.25, 0.3) is 0 Å². The van der Waals surface area contributed by atoms with E-state index in [2.05, 4.69) is 4.98 Å². The van der Waals surface area contributed by atoms with Gasteiger partial charge in [-0.15, -0.1) is 0 Å². The van der Waals surface area contributed by atoms with Crippen LogP contribution in [0.15, 0.2) is 36.5 Å². The van der Waals surface area contributed by atoms with Crippen molar-refractivity contribution >= 4 is 17.6 Å². The third-order valence-corrected chi connectivity index (χ3v) is 2.37.